The third-order valence-corrected chi connectivity index (χ3v) is 4.13. The van der Waals surface area contributed by atoms with Crippen LogP contribution in [0, 0.1) is 22.7 Å². The molecule has 0 amide bonds. The molecule has 7 heteroatoms. The highest BCUT2D eigenvalue weighted by Gasteiger charge is 2.18. The molecule has 3 rings (SSSR count). The predicted octanol–water partition coefficient (Wildman–Crippen LogP) is 3.19. The Morgan fingerprint density at radius 1 is 1.00 bits per heavy atom. The minimum atomic E-state index is -0.618. The summed E-state index contributed by atoms with van der Waals surface area (Å²) in [6.07, 6.45) is 1.70. The Balaban J connectivity index is 2.16. The molecule has 25 heavy (non-hydrogen) atoms. The molecular weight excluding hydrogens is 382 g/mol. The number of anilines is 1. The summed E-state index contributed by atoms with van der Waals surface area (Å²) in [6.45, 7) is 0. The highest BCUT2D eigenvalue weighted by atomic mass is 79.9. The fourth-order valence-electron chi connectivity index (χ4n) is 2.49. The van der Waals surface area contributed by atoms with E-state index in [0.29, 0.717) is 5.56 Å². The van der Waals surface area contributed by atoms with Crippen molar-refractivity contribution < 1.29 is 0 Å². The molecule has 0 bridgehead atoms. The maximum Gasteiger partial charge on any atom is 0.268 e. The molecule has 0 fully saturated rings. The van der Waals surface area contributed by atoms with Crippen LogP contribution in [0.4, 0.5) is 5.82 Å². The molecule has 0 saturated heterocycles. The Kier molecular flexibility index (Phi) is 4.34. The number of nitrogen functional groups attached to an aromatic ring is 1. The summed E-state index contributed by atoms with van der Waals surface area (Å²) in [5.41, 5.74) is 7.49. The second-order valence-corrected chi connectivity index (χ2v) is 6.07. The van der Waals surface area contributed by atoms with Crippen LogP contribution in [0.15, 0.2) is 51.9 Å². The molecule has 0 unspecified atom stereocenters. The zero-order chi connectivity index (χ0) is 18.0. The van der Waals surface area contributed by atoms with Crippen LogP contribution in [0.3, 0.4) is 0 Å². The van der Waals surface area contributed by atoms with E-state index in [2.05, 4.69) is 25.9 Å². The first kappa shape index (κ1) is 16.4. The van der Waals surface area contributed by atoms with Gasteiger partial charge in [-0.15, -0.1) is 0 Å². The predicted molar refractivity (Wildman–Crippen MR) is 97.3 cm³/mol. The largest absolute Gasteiger partial charge is 0.384 e. The highest BCUT2D eigenvalue weighted by molar-refractivity contribution is 9.10. The highest BCUT2D eigenvalue weighted by Crippen LogP contribution is 2.29. The number of hydrogen-bond acceptors (Lipinski definition) is 5. The van der Waals surface area contributed by atoms with Crippen molar-refractivity contribution in [1.82, 2.24) is 9.97 Å². The van der Waals surface area contributed by atoms with E-state index in [0.717, 1.165) is 15.7 Å². The number of hydrogen-bond donors (Lipinski definition) is 2. The van der Waals surface area contributed by atoms with Crippen LogP contribution < -0.4 is 11.3 Å². The van der Waals surface area contributed by atoms with Crippen LogP contribution in [-0.2, 0) is 0 Å². The molecule has 1 aromatic carbocycles. The molecule has 3 N–H and O–H groups in total. The minimum Gasteiger partial charge on any atom is -0.384 e. The lowest BCUT2D eigenvalue weighted by Gasteiger charge is -2.09. The van der Waals surface area contributed by atoms with Crippen LogP contribution in [0.25, 0.3) is 22.4 Å². The Hall–Kier alpha value is -3.42. The second-order valence-electron chi connectivity index (χ2n) is 5.16. The van der Waals surface area contributed by atoms with E-state index >= 15 is 0 Å². The van der Waals surface area contributed by atoms with Gasteiger partial charge in [0, 0.05) is 21.8 Å². The quantitative estimate of drug-likeness (QED) is 0.694. The van der Waals surface area contributed by atoms with Gasteiger partial charge in [-0.25, -0.2) is 0 Å². The summed E-state index contributed by atoms with van der Waals surface area (Å²) >= 11 is 3.34. The van der Waals surface area contributed by atoms with Crippen molar-refractivity contribution in [3.8, 4) is 34.5 Å². The van der Waals surface area contributed by atoms with Crippen molar-refractivity contribution in [2.75, 3.05) is 5.73 Å². The summed E-state index contributed by atoms with van der Waals surface area (Å²) in [6, 6.07) is 14.6. The third-order valence-electron chi connectivity index (χ3n) is 3.66. The number of rotatable bonds is 2. The number of pyridine rings is 2. The molecule has 0 spiro atoms. The van der Waals surface area contributed by atoms with Gasteiger partial charge in [0.2, 0.25) is 0 Å². The van der Waals surface area contributed by atoms with Crippen LogP contribution in [0.1, 0.15) is 11.1 Å². The zero-order valence-corrected chi connectivity index (χ0v) is 14.3. The first-order valence-corrected chi connectivity index (χ1v) is 7.92. The van der Waals surface area contributed by atoms with Crippen LogP contribution in [-0.4, -0.2) is 9.97 Å². The van der Waals surface area contributed by atoms with Gasteiger partial charge < -0.3 is 10.7 Å². The third kappa shape index (κ3) is 3.01. The van der Waals surface area contributed by atoms with Crippen molar-refractivity contribution in [3.63, 3.8) is 0 Å². The molecular formula is C18H10BrN5O. The second kappa shape index (κ2) is 6.60. The fourth-order valence-corrected chi connectivity index (χ4v) is 2.72. The smallest absolute Gasteiger partial charge is 0.268 e. The Bertz CT molecular complexity index is 1090. The summed E-state index contributed by atoms with van der Waals surface area (Å²) in [7, 11) is 0. The van der Waals surface area contributed by atoms with E-state index in [9.17, 15) is 15.3 Å². The van der Waals surface area contributed by atoms with Crippen LogP contribution in [0.5, 0.6) is 0 Å². The molecule has 0 radical (unpaired) electrons. The lowest BCUT2D eigenvalue weighted by molar-refractivity contribution is 1.21. The number of aromatic nitrogens is 2. The summed E-state index contributed by atoms with van der Waals surface area (Å²) in [5, 5.41) is 18.6. The first-order valence-electron chi connectivity index (χ1n) is 7.13. The van der Waals surface area contributed by atoms with Crippen LogP contribution >= 0.6 is 15.9 Å². The van der Waals surface area contributed by atoms with Crippen molar-refractivity contribution >= 4 is 21.7 Å². The molecule has 6 nitrogen and oxygen atoms in total. The lowest BCUT2D eigenvalue weighted by Crippen LogP contribution is -2.16. The number of aromatic amines is 1. The first-order chi connectivity index (χ1) is 12.0. The van der Waals surface area contributed by atoms with Gasteiger partial charge in [0.1, 0.15) is 29.1 Å². The van der Waals surface area contributed by atoms with Crippen molar-refractivity contribution in [1.29, 1.82) is 10.5 Å². The van der Waals surface area contributed by atoms with E-state index in [4.69, 9.17) is 5.73 Å². The SMILES string of the molecule is N#Cc1c(N)[nH]c(=O)c(C#N)c1-c1ccc(-c2ccc(Br)cn2)cc1. The summed E-state index contributed by atoms with van der Waals surface area (Å²) in [4.78, 5) is 18.6. The minimum absolute atomic E-state index is 0.0554. The monoisotopic (exact) mass is 391 g/mol. The Morgan fingerprint density at radius 2 is 1.64 bits per heavy atom. The maximum absolute atomic E-state index is 12.0. The molecule has 3 aromatic rings. The topological polar surface area (TPSA) is 119 Å². The van der Waals surface area contributed by atoms with E-state index < -0.39 is 5.56 Å². The average molecular weight is 392 g/mol. The number of H-pyrrole nitrogens is 1. The van der Waals surface area contributed by atoms with Crippen molar-refractivity contribution in [2.45, 2.75) is 0 Å². The zero-order valence-electron chi connectivity index (χ0n) is 12.7. The molecule has 0 aliphatic rings. The molecule has 120 valence electrons. The molecule has 2 heterocycles. The van der Waals surface area contributed by atoms with E-state index in [1.54, 1.807) is 18.3 Å². The number of nitrogens with zero attached hydrogens (tertiary/aromatic N) is 3. The van der Waals surface area contributed by atoms with Gasteiger partial charge in [-0.2, -0.15) is 10.5 Å². The Labute approximate surface area is 151 Å². The van der Waals surface area contributed by atoms with Gasteiger partial charge in [-0.05, 0) is 33.6 Å². The van der Waals surface area contributed by atoms with Gasteiger partial charge >= 0.3 is 0 Å². The molecule has 0 aliphatic carbocycles. The van der Waals surface area contributed by atoms with Gasteiger partial charge in [0.15, 0.2) is 0 Å². The molecule has 0 atom stereocenters. The number of nitriles is 2. The summed E-state index contributed by atoms with van der Waals surface area (Å²) in [5.74, 6) is -0.0554. The van der Waals surface area contributed by atoms with Gasteiger partial charge in [-0.1, -0.05) is 24.3 Å². The van der Waals surface area contributed by atoms with E-state index in [1.807, 2.05) is 36.4 Å². The molecule has 0 saturated carbocycles. The van der Waals surface area contributed by atoms with Crippen molar-refractivity contribution in [3.05, 3.63) is 68.5 Å². The van der Waals surface area contributed by atoms with Gasteiger partial charge in [0.05, 0.1) is 5.69 Å². The Morgan fingerprint density at radius 3 is 2.20 bits per heavy atom. The number of halogens is 1. The van der Waals surface area contributed by atoms with Gasteiger partial charge in [-0.3, -0.25) is 9.78 Å². The molecule has 0 aliphatic heterocycles. The number of nitrogens with one attached hydrogen (secondary N) is 1. The molecule has 2 aromatic heterocycles. The number of benzene rings is 1. The normalized spacial score (nSPS) is 10.0. The maximum atomic E-state index is 12.0. The number of nitrogens with two attached hydrogens (primary N) is 1. The summed E-state index contributed by atoms with van der Waals surface area (Å²) < 4.78 is 0.879. The fraction of sp³-hybridized carbons (Fsp3) is 0. The van der Waals surface area contributed by atoms with Crippen LogP contribution in [0.2, 0.25) is 0 Å². The van der Waals surface area contributed by atoms with E-state index in [1.165, 1.54) is 0 Å². The standard InChI is InChI=1S/C18H10BrN5O/c19-12-5-6-15(23-9-12)10-1-3-11(4-2-10)16-13(7-20)17(22)24-18(25)14(16)8-21/h1-6,9H,(H3,22,24,25). The average Bonchev–Trinajstić information content (AvgIpc) is 2.62. The van der Waals surface area contributed by atoms with E-state index in [-0.39, 0.29) is 22.5 Å². The van der Waals surface area contributed by atoms with Crippen molar-refractivity contribution in [2.24, 2.45) is 0 Å². The lowest BCUT2D eigenvalue weighted by atomic mass is 9.95. The van der Waals surface area contributed by atoms with Gasteiger partial charge in [0.25, 0.3) is 5.56 Å².